The number of hydrogen-bond acceptors (Lipinski definition) is 9. The first-order chi connectivity index (χ1) is 34.1. The highest BCUT2D eigenvalue weighted by atomic mass is 31.2. The lowest BCUT2D eigenvalue weighted by Gasteiger charge is -2.20. The highest BCUT2D eigenvalue weighted by Crippen LogP contribution is 2.43. The summed E-state index contributed by atoms with van der Waals surface area (Å²) in [6.45, 7) is 2.71. The second kappa shape index (κ2) is 52.2. The van der Waals surface area contributed by atoms with Gasteiger partial charge in [-0.15, -0.1) is 0 Å². The summed E-state index contributed by atoms with van der Waals surface area (Å²) in [5.41, 5.74) is 5.36. The minimum Gasteiger partial charge on any atom is -0.480 e. The SMILES string of the molecule is CC/C=C\C/C=C\C/C=C\C/C=C\CCCCCCCCCCCCC(=O)OC(COC(=O)CCCCCCCCCCCCC/C=C\C/C=C\CCCCCCC)COP(=O)(O)OCC(N)C(=O)O. The minimum absolute atomic E-state index is 0.153. The first kappa shape index (κ1) is 66.9. The van der Waals surface area contributed by atoms with Crippen LogP contribution in [0.3, 0.4) is 0 Å². The van der Waals surface area contributed by atoms with E-state index in [-0.39, 0.29) is 19.4 Å². The fourth-order valence-electron chi connectivity index (χ4n) is 7.62. The smallest absolute Gasteiger partial charge is 0.472 e. The second-order valence-electron chi connectivity index (χ2n) is 18.7. The zero-order valence-corrected chi connectivity index (χ0v) is 45.2. The molecule has 11 nitrogen and oxygen atoms in total. The van der Waals surface area contributed by atoms with Crippen molar-refractivity contribution in [1.29, 1.82) is 0 Å². The maximum atomic E-state index is 12.7. The van der Waals surface area contributed by atoms with Crippen LogP contribution in [0.15, 0.2) is 72.9 Å². The van der Waals surface area contributed by atoms with Gasteiger partial charge in [0.25, 0.3) is 0 Å². The van der Waals surface area contributed by atoms with E-state index >= 15 is 0 Å². The Labute approximate surface area is 427 Å². The van der Waals surface area contributed by atoms with Gasteiger partial charge in [-0.25, -0.2) is 4.57 Å². The van der Waals surface area contributed by atoms with E-state index in [0.717, 1.165) is 77.0 Å². The number of nitrogens with two attached hydrogens (primary N) is 1. The topological polar surface area (TPSA) is 172 Å². The van der Waals surface area contributed by atoms with E-state index in [1.807, 2.05) is 0 Å². The number of phosphoric acid groups is 1. The lowest BCUT2D eigenvalue weighted by molar-refractivity contribution is -0.161. The summed E-state index contributed by atoms with van der Waals surface area (Å²) < 4.78 is 32.9. The van der Waals surface area contributed by atoms with Crippen LogP contribution in [0.25, 0.3) is 0 Å². The largest absolute Gasteiger partial charge is 0.480 e. The van der Waals surface area contributed by atoms with E-state index in [1.165, 1.54) is 128 Å². The van der Waals surface area contributed by atoms with Crippen molar-refractivity contribution in [3.05, 3.63) is 72.9 Å². The van der Waals surface area contributed by atoms with Crippen LogP contribution in [-0.4, -0.2) is 59.9 Å². The average Bonchev–Trinajstić information content (AvgIpc) is 3.34. The van der Waals surface area contributed by atoms with Gasteiger partial charge >= 0.3 is 25.7 Å². The van der Waals surface area contributed by atoms with Crippen LogP contribution < -0.4 is 5.73 Å². The number of carboxylic acid groups (broad SMARTS) is 1. The molecule has 0 bridgehead atoms. The number of ether oxygens (including phenoxy) is 2. The fourth-order valence-corrected chi connectivity index (χ4v) is 8.40. The van der Waals surface area contributed by atoms with Crippen molar-refractivity contribution < 1.29 is 47.5 Å². The summed E-state index contributed by atoms with van der Waals surface area (Å²) >= 11 is 0. The Morgan fingerprint density at radius 2 is 0.800 bits per heavy atom. The predicted molar refractivity (Wildman–Crippen MR) is 291 cm³/mol. The van der Waals surface area contributed by atoms with Gasteiger partial charge in [0.15, 0.2) is 6.10 Å². The van der Waals surface area contributed by atoms with E-state index in [2.05, 4.69) is 86.8 Å². The molecule has 3 unspecified atom stereocenters. The Kier molecular flexibility index (Phi) is 50.0. The van der Waals surface area contributed by atoms with Crippen LogP contribution in [0.1, 0.15) is 245 Å². The Hall–Kier alpha value is -3.08. The molecule has 70 heavy (non-hydrogen) atoms. The van der Waals surface area contributed by atoms with Gasteiger partial charge in [0, 0.05) is 12.8 Å². The van der Waals surface area contributed by atoms with Gasteiger partial charge in [0.05, 0.1) is 13.2 Å². The standard InChI is InChI=1S/C58H102NO10P/c1-3-5-7-9-11-13-15-17-19-21-23-25-27-29-31-33-35-37-39-41-43-45-47-49-56(60)66-51-54(52-67-70(64,65)68-53-55(59)58(62)63)69-57(61)50-48-46-44-42-40-38-36-34-32-30-28-26-24-22-20-18-16-14-12-10-8-6-4-2/h6,8,12,14-15,17-18,20-21,23-24,26,54-55H,3-5,7,9-11,13,16,19,22,25,27-53,59H2,1-2H3,(H,62,63)(H,64,65)/b8-6-,14-12-,17-15-,20-18-,23-21-,26-24-. The van der Waals surface area contributed by atoms with E-state index in [9.17, 15) is 23.8 Å². The zero-order valence-electron chi connectivity index (χ0n) is 44.3. The Balaban J connectivity index is 4.20. The van der Waals surface area contributed by atoms with E-state index < -0.39 is 51.1 Å². The first-order valence-corrected chi connectivity index (χ1v) is 29.5. The Morgan fingerprint density at radius 1 is 0.457 bits per heavy atom. The lowest BCUT2D eigenvalue weighted by atomic mass is 10.0. The first-order valence-electron chi connectivity index (χ1n) is 28.0. The molecule has 0 aliphatic rings. The maximum absolute atomic E-state index is 12.7. The molecule has 0 aromatic carbocycles. The number of aliphatic carboxylic acids is 1. The zero-order chi connectivity index (χ0) is 51.3. The molecule has 0 aromatic heterocycles. The van der Waals surface area contributed by atoms with Gasteiger partial charge in [-0.05, 0) is 83.5 Å². The number of carbonyl (C=O) groups is 3. The summed E-state index contributed by atoms with van der Waals surface area (Å²) in [5, 5.41) is 8.94. The molecule has 0 rings (SSSR count). The van der Waals surface area contributed by atoms with Crippen LogP contribution in [0.4, 0.5) is 0 Å². The summed E-state index contributed by atoms with van der Waals surface area (Å²) in [5.74, 6) is -2.38. The molecule has 404 valence electrons. The van der Waals surface area contributed by atoms with Crippen LogP contribution in [0.5, 0.6) is 0 Å². The quantitative estimate of drug-likeness (QED) is 0.0229. The third kappa shape index (κ3) is 51.3. The molecule has 0 aromatic rings. The van der Waals surface area contributed by atoms with Crippen molar-refractivity contribution >= 4 is 25.7 Å². The molecule has 0 saturated heterocycles. The normalized spacial score (nSPS) is 14.0. The van der Waals surface area contributed by atoms with Crippen molar-refractivity contribution in [2.75, 3.05) is 19.8 Å². The van der Waals surface area contributed by atoms with Gasteiger partial charge in [0.2, 0.25) is 0 Å². The summed E-state index contributed by atoms with van der Waals surface area (Å²) in [4.78, 5) is 46.3. The van der Waals surface area contributed by atoms with Crippen LogP contribution in [-0.2, 0) is 37.5 Å². The van der Waals surface area contributed by atoms with E-state index in [4.69, 9.17) is 29.4 Å². The van der Waals surface area contributed by atoms with E-state index in [0.29, 0.717) is 12.8 Å². The Bertz CT molecular complexity index is 1460. The number of rotatable bonds is 52. The number of phosphoric ester groups is 1. The number of carboxylic acids is 1. The number of unbranched alkanes of at least 4 members (excludes halogenated alkanes) is 26. The van der Waals surface area contributed by atoms with Gasteiger partial charge in [-0.2, -0.15) is 0 Å². The van der Waals surface area contributed by atoms with Gasteiger partial charge < -0.3 is 25.2 Å². The number of allylic oxidation sites excluding steroid dienone is 12. The van der Waals surface area contributed by atoms with Gasteiger partial charge in [-0.1, -0.05) is 222 Å². The van der Waals surface area contributed by atoms with Crippen molar-refractivity contribution in [3.63, 3.8) is 0 Å². The second-order valence-corrected chi connectivity index (χ2v) is 20.1. The molecular formula is C58H102NO10P. The molecule has 0 heterocycles. The summed E-state index contributed by atoms with van der Waals surface area (Å²) in [7, 11) is -4.73. The lowest BCUT2D eigenvalue weighted by Crippen LogP contribution is -2.34. The van der Waals surface area contributed by atoms with Gasteiger partial charge in [0.1, 0.15) is 12.6 Å². The van der Waals surface area contributed by atoms with Crippen molar-refractivity contribution in [3.8, 4) is 0 Å². The molecule has 4 N–H and O–H groups in total. The van der Waals surface area contributed by atoms with Crippen molar-refractivity contribution in [1.82, 2.24) is 0 Å². The Morgan fingerprint density at radius 3 is 1.20 bits per heavy atom. The summed E-state index contributed by atoms with van der Waals surface area (Å²) in [6.07, 6.45) is 65.3. The molecule has 0 amide bonds. The monoisotopic (exact) mass is 1000 g/mol. The van der Waals surface area contributed by atoms with Crippen molar-refractivity contribution in [2.45, 2.75) is 257 Å². The molecule has 12 heteroatoms. The number of esters is 2. The summed E-state index contributed by atoms with van der Waals surface area (Å²) in [6, 6.07) is -1.53. The van der Waals surface area contributed by atoms with Crippen LogP contribution in [0, 0.1) is 0 Å². The molecule has 0 radical (unpaired) electrons. The fraction of sp³-hybridized carbons (Fsp3) is 0.741. The number of hydrogen-bond donors (Lipinski definition) is 3. The number of carbonyl (C=O) groups excluding carboxylic acids is 2. The minimum atomic E-state index is -4.73. The third-order valence-electron chi connectivity index (χ3n) is 11.9. The third-order valence-corrected chi connectivity index (χ3v) is 12.9. The maximum Gasteiger partial charge on any atom is 0.472 e. The highest BCUT2D eigenvalue weighted by molar-refractivity contribution is 7.47. The van der Waals surface area contributed by atoms with Crippen molar-refractivity contribution in [2.24, 2.45) is 5.73 Å². The molecule has 0 fully saturated rings. The van der Waals surface area contributed by atoms with Crippen LogP contribution in [0.2, 0.25) is 0 Å². The van der Waals surface area contributed by atoms with Crippen LogP contribution >= 0.6 is 7.82 Å². The highest BCUT2D eigenvalue weighted by Gasteiger charge is 2.28. The average molecular weight is 1000 g/mol. The molecule has 3 atom stereocenters. The predicted octanol–water partition coefficient (Wildman–Crippen LogP) is 16.4. The molecule has 0 aliphatic carbocycles. The molecular weight excluding hydrogens is 902 g/mol. The molecule has 0 spiro atoms. The van der Waals surface area contributed by atoms with Gasteiger partial charge in [-0.3, -0.25) is 23.4 Å². The molecule has 0 aliphatic heterocycles. The molecule has 0 saturated carbocycles. The van der Waals surface area contributed by atoms with E-state index in [1.54, 1.807) is 0 Å².